The molecule has 4 nitrogen and oxygen atoms in total. The van der Waals surface area contributed by atoms with Crippen LogP contribution in [0.2, 0.25) is 0 Å². The molecule has 0 spiro atoms. The van der Waals surface area contributed by atoms with Gasteiger partial charge in [-0.15, -0.1) is 0 Å². The van der Waals surface area contributed by atoms with E-state index in [1.807, 2.05) is 18.2 Å². The van der Waals surface area contributed by atoms with Crippen molar-refractivity contribution in [2.75, 3.05) is 6.54 Å². The molecule has 2 rings (SSSR count). The van der Waals surface area contributed by atoms with Gasteiger partial charge in [-0.2, -0.15) is 0 Å². The lowest BCUT2D eigenvalue weighted by molar-refractivity contribution is -0.124. The van der Waals surface area contributed by atoms with Crippen LogP contribution in [0.1, 0.15) is 30.9 Å². The number of amides is 1. The Hall–Kier alpha value is -1.46. The number of likely N-dealkylation sites (tertiary alicyclic amines) is 1. The lowest BCUT2D eigenvalue weighted by Crippen LogP contribution is -2.45. The summed E-state index contributed by atoms with van der Waals surface area (Å²) in [6.45, 7) is 3.71. The Morgan fingerprint density at radius 3 is 2.80 bits per heavy atom. The molecule has 1 aliphatic heterocycles. The zero-order chi connectivity index (χ0) is 14.7. The number of primary amides is 1. The van der Waals surface area contributed by atoms with E-state index in [0.29, 0.717) is 11.0 Å². The van der Waals surface area contributed by atoms with Crippen molar-refractivity contribution >= 4 is 23.1 Å². The second-order valence-corrected chi connectivity index (χ2v) is 5.96. The van der Waals surface area contributed by atoms with Gasteiger partial charge < -0.3 is 11.5 Å². The van der Waals surface area contributed by atoms with Gasteiger partial charge in [0.2, 0.25) is 5.91 Å². The molecule has 1 aromatic carbocycles. The van der Waals surface area contributed by atoms with Gasteiger partial charge >= 0.3 is 0 Å². The van der Waals surface area contributed by atoms with E-state index >= 15 is 0 Å². The monoisotopic (exact) mass is 291 g/mol. The molecule has 0 aromatic heterocycles. The van der Waals surface area contributed by atoms with Gasteiger partial charge in [0.1, 0.15) is 4.99 Å². The average molecular weight is 291 g/mol. The van der Waals surface area contributed by atoms with Crippen LogP contribution in [0.4, 0.5) is 0 Å². The third kappa shape index (κ3) is 3.55. The maximum absolute atomic E-state index is 11.4. The Balaban J connectivity index is 2.09. The molecule has 108 valence electrons. The van der Waals surface area contributed by atoms with Gasteiger partial charge in [-0.25, -0.2) is 0 Å². The van der Waals surface area contributed by atoms with Crippen LogP contribution in [0, 0.1) is 5.92 Å². The number of rotatable bonds is 4. The van der Waals surface area contributed by atoms with E-state index in [4.69, 9.17) is 23.7 Å². The fourth-order valence-electron chi connectivity index (χ4n) is 2.69. The van der Waals surface area contributed by atoms with Crippen molar-refractivity contribution in [3.63, 3.8) is 0 Å². The Kier molecular flexibility index (Phi) is 4.73. The summed E-state index contributed by atoms with van der Waals surface area (Å²) in [7, 11) is 0. The van der Waals surface area contributed by atoms with Gasteiger partial charge in [0, 0.05) is 24.7 Å². The van der Waals surface area contributed by atoms with E-state index in [-0.39, 0.29) is 11.8 Å². The standard InChI is InChI=1S/C15H21N3OS/c1-10-5-6-13(14(16)19)9-18(10)8-11-3-2-4-12(7-11)15(17)20/h2-4,7,10,13H,5-6,8-9H2,1H3,(H2,16,19)(H2,17,20). The largest absolute Gasteiger partial charge is 0.389 e. The highest BCUT2D eigenvalue weighted by Gasteiger charge is 2.28. The first-order chi connectivity index (χ1) is 9.47. The molecule has 1 fully saturated rings. The van der Waals surface area contributed by atoms with Crippen LogP contribution in [0.15, 0.2) is 24.3 Å². The first-order valence-electron chi connectivity index (χ1n) is 6.89. The topological polar surface area (TPSA) is 72.4 Å². The molecule has 0 aliphatic carbocycles. The van der Waals surface area contributed by atoms with Crippen molar-refractivity contribution in [1.82, 2.24) is 4.90 Å². The minimum atomic E-state index is -0.196. The first-order valence-corrected chi connectivity index (χ1v) is 7.30. The minimum Gasteiger partial charge on any atom is -0.389 e. The zero-order valence-electron chi connectivity index (χ0n) is 11.7. The quantitative estimate of drug-likeness (QED) is 0.823. The normalized spacial score (nSPS) is 23.4. The Morgan fingerprint density at radius 2 is 2.15 bits per heavy atom. The van der Waals surface area contributed by atoms with Crippen LogP contribution in [-0.2, 0) is 11.3 Å². The lowest BCUT2D eigenvalue weighted by atomic mass is 9.92. The summed E-state index contributed by atoms with van der Waals surface area (Å²) >= 11 is 5.01. The van der Waals surface area contributed by atoms with Crippen molar-refractivity contribution in [1.29, 1.82) is 0 Å². The van der Waals surface area contributed by atoms with Crippen LogP contribution in [0.5, 0.6) is 0 Å². The number of hydrogen-bond acceptors (Lipinski definition) is 3. The average Bonchev–Trinajstić information content (AvgIpc) is 2.41. The number of hydrogen-bond donors (Lipinski definition) is 2. The summed E-state index contributed by atoms with van der Waals surface area (Å²) in [6.07, 6.45) is 1.89. The molecule has 1 amide bonds. The van der Waals surface area contributed by atoms with Crippen molar-refractivity contribution in [2.24, 2.45) is 17.4 Å². The van der Waals surface area contributed by atoms with Crippen LogP contribution in [-0.4, -0.2) is 28.4 Å². The number of nitrogens with zero attached hydrogens (tertiary/aromatic N) is 1. The molecule has 5 heteroatoms. The fourth-order valence-corrected chi connectivity index (χ4v) is 2.82. The summed E-state index contributed by atoms with van der Waals surface area (Å²) in [5.74, 6) is -0.233. The summed E-state index contributed by atoms with van der Waals surface area (Å²) in [4.78, 5) is 14.1. The third-order valence-corrected chi connectivity index (χ3v) is 4.25. The molecule has 2 unspecified atom stereocenters. The lowest BCUT2D eigenvalue weighted by Gasteiger charge is -2.36. The van der Waals surface area contributed by atoms with Gasteiger partial charge in [0.15, 0.2) is 0 Å². The highest BCUT2D eigenvalue weighted by Crippen LogP contribution is 2.23. The summed E-state index contributed by atoms with van der Waals surface area (Å²) in [6, 6.07) is 8.41. The number of nitrogens with two attached hydrogens (primary N) is 2. The maximum atomic E-state index is 11.4. The van der Waals surface area contributed by atoms with Gasteiger partial charge in [-0.05, 0) is 31.4 Å². The van der Waals surface area contributed by atoms with Gasteiger partial charge in [-0.1, -0.05) is 30.4 Å². The predicted octanol–water partition coefficient (Wildman–Crippen LogP) is 1.41. The van der Waals surface area contributed by atoms with E-state index in [0.717, 1.165) is 37.1 Å². The molecule has 1 saturated heterocycles. The van der Waals surface area contributed by atoms with Gasteiger partial charge in [0.25, 0.3) is 0 Å². The Labute approximate surface area is 125 Å². The Bertz CT molecular complexity index is 518. The van der Waals surface area contributed by atoms with Crippen molar-refractivity contribution in [3.8, 4) is 0 Å². The number of carbonyl (C=O) groups is 1. The van der Waals surface area contributed by atoms with Crippen molar-refractivity contribution in [3.05, 3.63) is 35.4 Å². The highest BCUT2D eigenvalue weighted by molar-refractivity contribution is 7.80. The molecule has 0 saturated carbocycles. The van der Waals surface area contributed by atoms with Crippen LogP contribution in [0.25, 0.3) is 0 Å². The molecule has 4 N–H and O–H groups in total. The molecule has 1 aliphatic rings. The molecular weight excluding hydrogens is 270 g/mol. The van der Waals surface area contributed by atoms with E-state index < -0.39 is 0 Å². The smallest absolute Gasteiger partial charge is 0.221 e. The predicted molar refractivity (Wildman–Crippen MR) is 84.1 cm³/mol. The first kappa shape index (κ1) is 14.9. The summed E-state index contributed by atoms with van der Waals surface area (Å²) < 4.78 is 0. The van der Waals surface area contributed by atoms with E-state index in [1.54, 1.807) is 0 Å². The number of carbonyl (C=O) groups excluding carboxylic acids is 1. The SMILES string of the molecule is CC1CCC(C(N)=O)CN1Cc1cccc(C(N)=S)c1. The van der Waals surface area contributed by atoms with Gasteiger partial charge in [-0.3, -0.25) is 9.69 Å². The number of benzene rings is 1. The second kappa shape index (κ2) is 6.33. The van der Waals surface area contributed by atoms with E-state index in [2.05, 4.69) is 17.9 Å². The summed E-state index contributed by atoms with van der Waals surface area (Å²) in [5.41, 5.74) is 13.1. The summed E-state index contributed by atoms with van der Waals surface area (Å²) in [5, 5.41) is 0. The van der Waals surface area contributed by atoms with Crippen LogP contribution < -0.4 is 11.5 Å². The Morgan fingerprint density at radius 1 is 1.40 bits per heavy atom. The third-order valence-electron chi connectivity index (χ3n) is 4.01. The molecule has 20 heavy (non-hydrogen) atoms. The fraction of sp³-hybridized carbons (Fsp3) is 0.467. The molecular formula is C15H21N3OS. The highest BCUT2D eigenvalue weighted by atomic mass is 32.1. The molecule has 1 heterocycles. The maximum Gasteiger partial charge on any atom is 0.221 e. The van der Waals surface area contributed by atoms with E-state index in [1.165, 1.54) is 0 Å². The number of thiocarbonyl (C=S) groups is 1. The number of piperidine rings is 1. The molecule has 1 aromatic rings. The second-order valence-electron chi connectivity index (χ2n) is 5.52. The van der Waals surface area contributed by atoms with Crippen LogP contribution in [0.3, 0.4) is 0 Å². The van der Waals surface area contributed by atoms with Crippen molar-refractivity contribution < 1.29 is 4.79 Å². The molecule has 0 radical (unpaired) electrons. The van der Waals surface area contributed by atoms with Crippen LogP contribution >= 0.6 is 12.2 Å². The zero-order valence-corrected chi connectivity index (χ0v) is 12.5. The van der Waals surface area contributed by atoms with E-state index in [9.17, 15) is 4.79 Å². The molecule has 2 atom stereocenters. The molecule has 0 bridgehead atoms. The minimum absolute atomic E-state index is 0.0371. The van der Waals surface area contributed by atoms with Gasteiger partial charge in [0.05, 0.1) is 5.92 Å². The van der Waals surface area contributed by atoms with Crippen molar-refractivity contribution in [2.45, 2.75) is 32.4 Å².